The van der Waals surface area contributed by atoms with Crippen molar-refractivity contribution in [3.63, 3.8) is 0 Å². The topological polar surface area (TPSA) is 24.1 Å². The molecule has 78 valence electrons. The maximum atomic E-state index is 3.70. The molecule has 0 spiro atoms. The number of hydrogen-bond donors (Lipinski definition) is 2. The molecule has 2 N–H and O–H groups in total. The van der Waals surface area contributed by atoms with Crippen molar-refractivity contribution in [3.05, 3.63) is 0 Å². The SMILES string of the molecule is CCNCCCNC1(CC)CCC1. The normalized spacial score (nSPS) is 19.8. The zero-order valence-corrected chi connectivity index (χ0v) is 9.16. The molecule has 1 aliphatic rings. The minimum Gasteiger partial charge on any atom is -0.317 e. The lowest BCUT2D eigenvalue weighted by Gasteiger charge is -2.42. The predicted octanol–water partition coefficient (Wildman–Crippen LogP) is 1.91. The van der Waals surface area contributed by atoms with Gasteiger partial charge in [-0.3, -0.25) is 0 Å². The van der Waals surface area contributed by atoms with Gasteiger partial charge in [0.15, 0.2) is 0 Å². The molecule has 1 fully saturated rings. The molecule has 13 heavy (non-hydrogen) atoms. The van der Waals surface area contributed by atoms with E-state index in [2.05, 4.69) is 24.5 Å². The van der Waals surface area contributed by atoms with E-state index in [1.165, 1.54) is 38.6 Å². The van der Waals surface area contributed by atoms with Crippen LogP contribution in [0.4, 0.5) is 0 Å². The maximum Gasteiger partial charge on any atom is 0.0178 e. The third kappa shape index (κ3) is 3.28. The van der Waals surface area contributed by atoms with Crippen LogP contribution < -0.4 is 10.6 Å². The van der Waals surface area contributed by atoms with Crippen LogP contribution in [0.25, 0.3) is 0 Å². The number of hydrogen-bond acceptors (Lipinski definition) is 2. The molecule has 0 bridgehead atoms. The van der Waals surface area contributed by atoms with Gasteiger partial charge in [0.05, 0.1) is 0 Å². The highest BCUT2D eigenvalue weighted by atomic mass is 15.0. The molecule has 2 heteroatoms. The minimum atomic E-state index is 0.534. The van der Waals surface area contributed by atoms with E-state index in [4.69, 9.17) is 0 Å². The number of nitrogens with one attached hydrogen (secondary N) is 2. The predicted molar refractivity (Wildman–Crippen MR) is 58.0 cm³/mol. The van der Waals surface area contributed by atoms with Crippen LogP contribution in [-0.4, -0.2) is 25.2 Å². The summed E-state index contributed by atoms with van der Waals surface area (Å²) in [6, 6.07) is 0. The van der Waals surface area contributed by atoms with E-state index in [1.807, 2.05) is 0 Å². The van der Waals surface area contributed by atoms with Crippen molar-refractivity contribution < 1.29 is 0 Å². The molecule has 0 aromatic carbocycles. The summed E-state index contributed by atoms with van der Waals surface area (Å²) in [5.74, 6) is 0. The van der Waals surface area contributed by atoms with Gasteiger partial charge in [0.1, 0.15) is 0 Å². The van der Waals surface area contributed by atoms with Gasteiger partial charge in [-0.2, -0.15) is 0 Å². The standard InChI is InChI=1S/C11H24N2/c1-3-11(7-5-8-11)13-10-6-9-12-4-2/h12-13H,3-10H2,1-2H3. The second-order valence-electron chi connectivity index (χ2n) is 4.12. The van der Waals surface area contributed by atoms with Crippen molar-refractivity contribution in [3.8, 4) is 0 Å². The molecule has 0 amide bonds. The summed E-state index contributed by atoms with van der Waals surface area (Å²) in [6.45, 7) is 7.90. The zero-order chi connectivity index (χ0) is 9.57. The third-order valence-corrected chi connectivity index (χ3v) is 3.27. The van der Waals surface area contributed by atoms with Gasteiger partial charge < -0.3 is 10.6 Å². The highest BCUT2D eigenvalue weighted by Gasteiger charge is 2.33. The maximum absolute atomic E-state index is 3.70. The molecular formula is C11H24N2. The van der Waals surface area contributed by atoms with E-state index in [-0.39, 0.29) is 0 Å². The second kappa shape index (κ2) is 5.61. The van der Waals surface area contributed by atoms with Crippen molar-refractivity contribution in [2.45, 2.75) is 51.5 Å². The van der Waals surface area contributed by atoms with Gasteiger partial charge >= 0.3 is 0 Å². The Morgan fingerprint density at radius 1 is 1.15 bits per heavy atom. The Labute approximate surface area is 82.5 Å². The fraction of sp³-hybridized carbons (Fsp3) is 1.00. The zero-order valence-electron chi connectivity index (χ0n) is 9.16. The van der Waals surface area contributed by atoms with Gasteiger partial charge in [-0.15, -0.1) is 0 Å². The van der Waals surface area contributed by atoms with Crippen LogP contribution in [0.15, 0.2) is 0 Å². The van der Waals surface area contributed by atoms with Gasteiger partial charge in [0.2, 0.25) is 0 Å². The van der Waals surface area contributed by atoms with Crippen molar-refractivity contribution in [2.75, 3.05) is 19.6 Å². The van der Waals surface area contributed by atoms with E-state index in [1.54, 1.807) is 0 Å². The molecule has 0 unspecified atom stereocenters. The fourth-order valence-electron chi connectivity index (χ4n) is 2.00. The fourth-order valence-corrected chi connectivity index (χ4v) is 2.00. The molecule has 1 saturated carbocycles. The Balaban J connectivity index is 1.98. The van der Waals surface area contributed by atoms with Crippen molar-refractivity contribution in [2.24, 2.45) is 0 Å². The highest BCUT2D eigenvalue weighted by molar-refractivity contribution is 4.94. The molecule has 2 nitrogen and oxygen atoms in total. The summed E-state index contributed by atoms with van der Waals surface area (Å²) < 4.78 is 0. The van der Waals surface area contributed by atoms with Crippen LogP contribution in [0, 0.1) is 0 Å². The summed E-state index contributed by atoms with van der Waals surface area (Å²) in [5, 5.41) is 7.05. The Morgan fingerprint density at radius 2 is 1.92 bits per heavy atom. The first-order valence-corrected chi connectivity index (χ1v) is 5.79. The molecule has 1 rings (SSSR count). The summed E-state index contributed by atoms with van der Waals surface area (Å²) in [5.41, 5.74) is 0.534. The summed E-state index contributed by atoms with van der Waals surface area (Å²) in [6.07, 6.45) is 6.77. The van der Waals surface area contributed by atoms with Crippen LogP contribution in [0.3, 0.4) is 0 Å². The number of rotatable bonds is 7. The molecular weight excluding hydrogens is 160 g/mol. The van der Waals surface area contributed by atoms with E-state index in [0.29, 0.717) is 5.54 Å². The van der Waals surface area contributed by atoms with E-state index < -0.39 is 0 Å². The molecule has 0 aromatic heterocycles. The van der Waals surface area contributed by atoms with Crippen LogP contribution in [0.2, 0.25) is 0 Å². The Kier molecular flexibility index (Phi) is 4.74. The smallest absolute Gasteiger partial charge is 0.0178 e. The van der Waals surface area contributed by atoms with E-state index in [0.717, 1.165) is 13.1 Å². The summed E-state index contributed by atoms with van der Waals surface area (Å²) >= 11 is 0. The average molecular weight is 184 g/mol. The van der Waals surface area contributed by atoms with Crippen LogP contribution in [0.1, 0.15) is 46.0 Å². The van der Waals surface area contributed by atoms with Crippen LogP contribution in [0.5, 0.6) is 0 Å². The van der Waals surface area contributed by atoms with Gasteiger partial charge in [0, 0.05) is 5.54 Å². The lowest BCUT2D eigenvalue weighted by atomic mass is 9.75. The van der Waals surface area contributed by atoms with Gasteiger partial charge in [0.25, 0.3) is 0 Å². The van der Waals surface area contributed by atoms with Crippen LogP contribution >= 0.6 is 0 Å². The molecule has 0 aromatic rings. The average Bonchev–Trinajstić information content (AvgIpc) is 2.09. The summed E-state index contributed by atoms with van der Waals surface area (Å²) in [7, 11) is 0. The molecule has 0 heterocycles. The Bertz CT molecular complexity index is 125. The van der Waals surface area contributed by atoms with E-state index in [9.17, 15) is 0 Å². The lowest BCUT2D eigenvalue weighted by Crippen LogP contribution is -2.50. The molecule has 0 radical (unpaired) electrons. The Morgan fingerprint density at radius 3 is 2.38 bits per heavy atom. The first kappa shape index (κ1) is 11.0. The molecule has 0 saturated heterocycles. The van der Waals surface area contributed by atoms with Crippen molar-refractivity contribution in [1.82, 2.24) is 10.6 Å². The Hall–Kier alpha value is -0.0800. The van der Waals surface area contributed by atoms with E-state index >= 15 is 0 Å². The highest BCUT2D eigenvalue weighted by Crippen LogP contribution is 2.34. The minimum absolute atomic E-state index is 0.534. The monoisotopic (exact) mass is 184 g/mol. The molecule has 0 aliphatic heterocycles. The lowest BCUT2D eigenvalue weighted by molar-refractivity contribution is 0.177. The van der Waals surface area contributed by atoms with Crippen LogP contribution in [-0.2, 0) is 0 Å². The van der Waals surface area contributed by atoms with Gasteiger partial charge in [-0.05, 0) is 51.7 Å². The summed E-state index contributed by atoms with van der Waals surface area (Å²) in [4.78, 5) is 0. The largest absolute Gasteiger partial charge is 0.317 e. The molecule has 0 atom stereocenters. The first-order valence-electron chi connectivity index (χ1n) is 5.79. The third-order valence-electron chi connectivity index (χ3n) is 3.27. The van der Waals surface area contributed by atoms with Crippen molar-refractivity contribution >= 4 is 0 Å². The second-order valence-corrected chi connectivity index (χ2v) is 4.12. The first-order chi connectivity index (χ1) is 6.33. The van der Waals surface area contributed by atoms with Crippen molar-refractivity contribution in [1.29, 1.82) is 0 Å². The van der Waals surface area contributed by atoms with Gasteiger partial charge in [-0.1, -0.05) is 13.8 Å². The van der Waals surface area contributed by atoms with Gasteiger partial charge in [-0.25, -0.2) is 0 Å². The quantitative estimate of drug-likeness (QED) is 0.591. The molecule has 1 aliphatic carbocycles.